The summed E-state index contributed by atoms with van der Waals surface area (Å²) in [7, 11) is -3.30. The van der Waals surface area contributed by atoms with Crippen LogP contribution in [0.4, 0.5) is 0 Å². The number of morpholine rings is 1. The van der Waals surface area contributed by atoms with Crippen LogP contribution in [0.1, 0.15) is 26.2 Å². The maximum absolute atomic E-state index is 12.5. The van der Waals surface area contributed by atoms with Gasteiger partial charge in [-0.25, -0.2) is 8.42 Å². The molecule has 7 heteroatoms. The van der Waals surface area contributed by atoms with Crippen molar-refractivity contribution in [2.24, 2.45) is 0 Å². The average Bonchev–Trinajstić information content (AvgIpc) is 2.39. The van der Waals surface area contributed by atoms with Crippen LogP contribution in [0.2, 0.25) is 0 Å². The molecule has 0 bridgehead atoms. The summed E-state index contributed by atoms with van der Waals surface area (Å²) in [5.74, 6) is 0.148. The Hall–Kier alpha value is -0.210. The molecule has 2 rings (SSSR count). The number of rotatable bonds is 4. The molecule has 0 aliphatic carbocycles. The summed E-state index contributed by atoms with van der Waals surface area (Å²) in [4.78, 5) is 0. The van der Waals surface area contributed by atoms with E-state index in [-0.39, 0.29) is 31.0 Å². The molecular weight excluding hydrogens is 268 g/mol. The number of sulfonamides is 1. The number of nitrogens with zero attached hydrogens (tertiary/aromatic N) is 1. The predicted molar refractivity (Wildman–Crippen MR) is 72.4 cm³/mol. The molecule has 0 amide bonds. The van der Waals surface area contributed by atoms with Crippen LogP contribution in [-0.2, 0) is 14.8 Å². The molecule has 3 atom stereocenters. The number of piperidine rings is 1. The summed E-state index contributed by atoms with van der Waals surface area (Å²) in [6.45, 7) is 3.22. The van der Waals surface area contributed by atoms with Crippen LogP contribution in [0.3, 0.4) is 0 Å². The monoisotopic (exact) mass is 292 g/mol. The first-order valence-electron chi connectivity index (χ1n) is 6.98. The third-order valence-electron chi connectivity index (χ3n) is 3.83. The van der Waals surface area contributed by atoms with E-state index in [1.165, 1.54) is 4.31 Å². The third kappa shape index (κ3) is 3.88. The minimum atomic E-state index is -3.30. The Morgan fingerprint density at radius 1 is 1.42 bits per heavy atom. The Kier molecular flexibility index (Phi) is 5.19. The fourth-order valence-corrected chi connectivity index (χ4v) is 4.69. The predicted octanol–water partition coefficient (Wildman–Crippen LogP) is -0.460. The highest BCUT2D eigenvalue weighted by molar-refractivity contribution is 7.89. The van der Waals surface area contributed by atoms with Gasteiger partial charge in [0.1, 0.15) is 0 Å². The fraction of sp³-hybridized carbons (Fsp3) is 1.00. The van der Waals surface area contributed by atoms with Gasteiger partial charge in [-0.15, -0.1) is 0 Å². The average molecular weight is 292 g/mol. The Bertz CT molecular complexity index is 381. The Balaban J connectivity index is 2.00. The number of aliphatic hydroxyl groups is 1. The Morgan fingerprint density at radius 3 is 2.84 bits per heavy atom. The van der Waals surface area contributed by atoms with Gasteiger partial charge < -0.3 is 15.2 Å². The lowest BCUT2D eigenvalue weighted by Crippen LogP contribution is -2.54. The molecule has 2 N–H and O–H groups in total. The molecule has 0 aromatic rings. The topological polar surface area (TPSA) is 78.9 Å². The minimum absolute atomic E-state index is 0.0568. The summed E-state index contributed by atoms with van der Waals surface area (Å²) >= 11 is 0. The Labute approximate surface area is 115 Å². The zero-order valence-electron chi connectivity index (χ0n) is 11.4. The van der Waals surface area contributed by atoms with Crippen LogP contribution in [0.15, 0.2) is 0 Å². The molecule has 19 heavy (non-hydrogen) atoms. The maximum Gasteiger partial charge on any atom is 0.216 e. The molecule has 2 aliphatic rings. The van der Waals surface area contributed by atoms with E-state index < -0.39 is 16.1 Å². The van der Waals surface area contributed by atoms with Gasteiger partial charge in [-0.1, -0.05) is 6.42 Å². The largest absolute Gasteiger partial charge is 0.394 e. The highest BCUT2D eigenvalue weighted by Gasteiger charge is 2.35. The van der Waals surface area contributed by atoms with E-state index in [4.69, 9.17) is 9.84 Å². The molecule has 0 aromatic carbocycles. The zero-order chi connectivity index (χ0) is 13.9. The molecule has 0 radical (unpaired) electrons. The summed E-state index contributed by atoms with van der Waals surface area (Å²) in [6.07, 6.45) is 2.73. The van der Waals surface area contributed by atoms with Gasteiger partial charge in [-0.05, 0) is 26.3 Å². The van der Waals surface area contributed by atoms with Gasteiger partial charge >= 0.3 is 0 Å². The maximum atomic E-state index is 12.5. The molecule has 2 aliphatic heterocycles. The van der Waals surface area contributed by atoms with Crippen molar-refractivity contribution in [1.82, 2.24) is 9.62 Å². The van der Waals surface area contributed by atoms with E-state index in [1.807, 2.05) is 6.92 Å². The van der Waals surface area contributed by atoms with Gasteiger partial charge in [0.15, 0.2) is 0 Å². The lowest BCUT2D eigenvalue weighted by atomic mass is 10.1. The third-order valence-corrected chi connectivity index (χ3v) is 5.88. The second kappa shape index (κ2) is 6.49. The quantitative estimate of drug-likeness (QED) is 0.733. The summed E-state index contributed by atoms with van der Waals surface area (Å²) in [6, 6.07) is -0.0993. The van der Waals surface area contributed by atoms with Gasteiger partial charge in [0.25, 0.3) is 0 Å². The first kappa shape index (κ1) is 15.2. The first-order valence-corrected chi connectivity index (χ1v) is 8.59. The van der Waals surface area contributed by atoms with Crippen LogP contribution in [0.5, 0.6) is 0 Å². The Morgan fingerprint density at radius 2 is 2.21 bits per heavy atom. The highest BCUT2D eigenvalue weighted by Crippen LogP contribution is 2.18. The van der Waals surface area contributed by atoms with E-state index in [2.05, 4.69) is 5.32 Å². The minimum Gasteiger partial charge on any atom is -0.394 e. The SMILES string of the molecule is CC1COC(CO)CN1S(=O)(=O)CC1CCCCN1. The van der Waals surface area contributed by atoms with Crippen LogP contribution in [0.25, 0.3) is 0 Å². The molecule has 6 nitrogen and oxygen atoms in total. The van der Waals surface area contributed by atoms with Gasteiger partial charge in [-0.2, -0.15) is 4.31 Å². The van der Waals surface area contributed by atoms with Crippen molar-refractivity contribution in [1.29, 1.82) is 0 Å². The number of nitrogens with one attached hydrogen (secondary N) is 1. The summed E-state index contributed by atoms with van der Waals surface area (Å²) in [5.41, 5.74) is 0. The van der Waals surface area contributed by atoms with Crippen LogP contribution in [0, 0.1) is 0 Å². The number of aliphatic hydroxyl groups excluding tert-OH is 1. The van der Waals surface area contributed by atoms with Crippen molar-refractivity contribution in [2.75, 3.05) is 32.1 Å². The lowest BCUT2D eigenvalue weighted by Gasteiger charge is -2.37. The van der Waals surface area contributed by atoms with E-state index in [1.54, 1.807) is 0 Å². The van der Waals surface area contributed by atoms with Crippen molar-refractivity contribution >= 4 is 10.0 Å². The van der Waals surface area contributed by atoms with Crippen molar-refractivity contribution in [2.45, 2.75) is 44.4 Å². The summed E-state index contributed by atoms with van der Waals surface area (Å²) in [5, 5.41) is 12.4. The molecule has 112 valence electrons. The smallest absolute Gasteiger partial charge is 0.216 e. The van der Waals surface area contributed by atoms with Crippen LogP contribution in [-0.4, -0.2) is 68.1 Å². The molecule has 0 saturated carbocycles. The first-order chi connectivity index (χ1) is 9.03. The molecule has 2 saturated heterocycles. The zero-order valence-corrected chi connectivity index (χ0v) is 12.2. The van der Waals surface area contributed by atoms with Gasteiger partial charge in [0, 0.05) is 18.6 Å². The number of hydrogen-bond acceptors (Lipinski definition) is 5. The summed E-state index contributed by atoms with van der Waals surface area (Å²) < 4.78 is 31.8. The molecule has 0 aromatic heterocycles. The van der Waals surface area contributed by atoms with Gasteiger partial charge in [0.05, 0.1) is 25.1 Å². The van der Waals surface area contributed by atoms with E-state index in [9.17, 15) is 8.42 Å². The number of ether oxygens (including phenoxy) is 1. The van der Waals surface area contributed by atoms with Crippen LogP contribution < -0.4 is 5.32 Å². The molecule has 2 fully saturated rings. The van der Waals surface area contributed by atoms with Gasteiger partial charge in [0.2, 0.25) is 10.0 Å². The lowest BCUT2D eigenvalue weighted by molar-refractivity contribution is -0.0516. The van der Waals surface area contributed by atoms with E-state index >= 15 is 0 Å². The van der Waals surface area contributed by atoms with E-state index in [0.717, 1.165) is 25.8 Å². The normalized spacial score (nSPS) is 34.3. The van der Waals surface area contributed by atoms with E-state index in [0.29, 0.717) is 6.61 Å². The van der Waals surface area contributed by atoms with Crippen molar-refractivity contribution in [3.63, 3.8) is 0 Å². The highest BCUT2D eigenvalue weighted by atomic mass is 32.2. The van der Waals surface area contributed by atoms with Crippen molar-refractivity contribution in [3.8, 4) is 0 Å². The second-order valence-electron chi connectivity index (χ2n) is 5.48. The standard InChI is InChI=1S/C12H24N2O4S/c1-10-8-18-12(7-15)6-14(10)19(16,17)9-11-4-2-3-5-13-11/h10-13,15H,2-9H2,1H3. The second-order valence-corrected chi connectivity index (χ2v) is 7.45. The molecular formula is C12H24N2O4S. The van der Waals surface area contributed by atoms with Crippen LogP contribution >= 0.6 is 0 Å². The number of hydrogen-bond donors (Lipinski definition) is 2. The fourth-order valence-electron chi connectivity index (χ4n) is 2.71. The molecule has 3 unspecified atom stereocenters. The van der Waals surface area contributed by atoms with Crippen molar-refractivity contribution < 1.29 is 18.3 Å². The van der Waals surface area contributed by atoms with Gasteiger partial charge in [-0.3, -0.25) is 0 Å². The molecule has 0 spiro atoms. The molecule has 2 heterocycles. The van der Waals surface area contributed by atoms with Crippen molar-refractivity contribution in [3.05, 3.63) is 0 Å².